The van der Waals surface area contributed by atoms with Crippen LogP contribution in [0.4, 0.5) is 0 Å². The summed E-state index contributed by atoms with van der Waals surface area (Å²) in [7, 11) is 0. The van der Waals surface area contributed by atoms with Crippen LogP contribution in [0.3, 0.4) is 0 Å². The first kappa shape index (κ1) is 15.4. The lowest BCUT2D eigenvalue weighted by atomic mass is 10.0. The van der Waals surface area contributed by atoms with Crippen LogP contribution in [0.1, 0.15) is 52.4 Å². The molecule has 0 spiro atoms. The SMILES string of the molecule is CCCCCCCCOC(=O)COC1(C)CNC1. The molecule has 1 heterocycles. The van der Waals surface area contributed by atoms with E-state index >= 15 is 0 Å². The Balaban J connectivity index is 1.87. The number of carbonyl (C=O) groups excluding carboxylic acids is 1. The first-order valence-electron chi connectivity index (χ1n) is 7.16. The number of carbonyl (C=O) groups is 1. The number of hydrogen-bond acceptors (Lipinski definition) is 4. The molecule has 0 atom stereocenters. The molecule has 18 heavy (non-hydrogen) atoms. The highest BCUT2D eigenvalue weighted by atomic mass is 16.6. The molecule has 0 saturated carbocycles. The minimum Gasteiger partial charge on any atom is -0.464 e. The average Bonchev–Trinajstić information content (AvgIpc) is 2.33. The molecular weight excluding hydrogens is 230 g/mol. The average molecular weight is 257 g/mol. The van der Waals surface area contributed by atoms with Crippen LogP contribution >= 0.6 is 0 Å². The van der Waals surface area contributed by atoms with Crippen molar-refractivity contribution in [2.75, 3.05) is 26.3 Å². The molecule has 1 rings (SSSR count). The zero-order valence-electron chi connectivity index (χ0n) is 11.8. The predicted molar refractivity (Wildman–Crippen MR) is 71.6 cm³/mol. The van der Waals surface area contributed by atoms with Crippen molar-refractivity contribution in [2.45, 2.75) is 58.0 Å². The Labute approximate surface area is 110 Å². The molecule has 1 N–H and O–H groups in total. The number of hydrogen-bond donors (Lipinski definition) is 1. The standard InChI is InChI=1S/C14H27NO3/c1-3-4-5-6-7-8-9-17-13(16)10-18-14(2)11-15-12-14/h15H,3-12H2,1-2H3. The minimum atomic E-state index is -0.239. The van der Waals surface area contributed by atoms with Gasteiger partial charge in [-0.2, -0.15) is 0 Å². The number of rotatable bonds is 10. The van der Waals surface area contributed by atoms with Crippen molar-refractivity contribution in [2.24, 2.45) is 0 Å². The molecule has 4 heteroatoms. The van der Waals surface area contributed by atoms with Crippen LogP contribution in [0, 0.1) is 0 Å². The minimum absolute atomic E-state index is 0.0774. The van der Waals surface area contributed by atoms with Gasteiger partial charge in [0.05, 0.1) is 12.2 Å². The van der Waals surface area contributed by atoms with E-state index in [2.05, 4.69) is 12.2 Å². The first-order valence-corrected chi connectivity index (χ1v) is 7.16. The van der Waals surface area contributed by atoms with Crippen molar-refractivity contribution in [1.82, 2.24) is 5.32 Å². The summed E-state index contributed by atoms with van der Waals surface area (Å²) in [5.41, 5.74) is -0.167. The number of ether oxygens (including phenoxy) is 2. The van der Waals surface area contributed by atoms with E-state index in [1.54, 1.807) is 0 Å². The largest absolute Gasteiger partial charge is 0.464 e. The molecule has 0 bridgehead atoms. The zero-order valence-corrected chi connectivity index (χ0v) is 11.8. The van der Waals surface area contributed by atoms with E-state index in [4.69, 9.17) is 9.47 Å². The second kappa shape index (κ2) is 8.48. The quantitative estimate of drug-likeness (QED) is 0.482. The molecule has 0 aliphatic carbocycles. The van der Waals surface area contributed by atoms with Gasteiger partial charge in [-0.15, -0.1) is 0 Å². The summed E-state index contributed by atoms with van der Waals surface area (Å²) in [5, 5.41) is 3.12. The van der Waals surface area contributed by atoms with E-state index in [0.717, 1.165) is 25.9 Å². The second-order valence-electron chi connectivity index (χ2n) is 5.33. The van der Waals surface area contributed by atoms with Gasteiger partial charge in [0.1, 0.15) is 6.61 Å². The van der Waals surface area contributed by atoms with Crippen molar-refractivity contribution in [3.05, 3.63) is 0 Å². The molecule has 4 nitrogen and oxygen atoms in total. The lowest BCUT2D eigenvalue weighted by Gasteiger charge is -2.38. The molecule has 1 aliphatic heterocycles. The van der Waals surface area contributed by atoms with Crippen LogP contribution in [0.5, 0.6) is 0 Å². The normalized spacial score (nSPS) is 17.2. The number of esters is 1. The summed E-state index contributed by atoms with van der Waals surface area (Å²) in [5.74, 6) is -0.239. The van der Waals surface area contributed by atoms with E-state index in [1.807, 2.05) is 6.92 Å². The smallest absolute Gasteiger partial charge is 0.332 e. The van der Waals surface area contributed by atoms with Gasteiger partial charge in [0.2, 0.25) is 0 Å². The second-order valence-corrected chi connectivity index (χ2v) is 5.33. The molecule has 0 radical (unpaired) electrons. The summed E-state index contributed by atoms with van der Waals surface area (Å²) < 4.78 is 10.6. The summed E-state index contributed by atoms with van der Waals surface area (Å²) in [6.07, 6.45) is 7.22. The highest BCUT2D eigenvalue weighted by Gasteiger charge is 2.33. The van der Waals surface area contributed by atoms with Crippen molar-refractivity contribution >= 4 is 5.97 Å². The van der Waals surface area contributed by atoms with Gasteiger partial charge in [-0.25, -0.2) is 4.79 Å². The highest BCUT2D eigenvalue weighted by molar-refractivity contribution is 5.70. The fourth-order valence-corrected chi connectivity index (χ4v) is 1.92. The third-order valence-corrected chi connectivity index (χ3v) is 3.30. The van der Waals surface area contributed by atoms with Crippen molar-refractivity contribution in [1.29, 1.82) is 0 Å². The van der Waals surface area contributed by atoms with Crippen LogP contribution < -0.4 is 5.32 Å². The number of nitrogens with one attached hydrogen (secondary N) is 1. The lowest BCUT2D eigenvalue weighted by molar-refractivity contribution is -0.158. The maximum absolute atomic E-state index is 11.4. The van der Waals surface area contributed by atoms with Gasteiger partial charge in [0, 0.05) is 13.1 Å². The van der Waals surface area contributed by atoms with Crippen LogP contribution in [0.15, 0.2) is 0 Å². The molecule has 0 aromatic rings. The van der Waals surface area contributed by atoms with Crippen molar-refractivity contribution in [3.63, 3.8) is 0 Å². The Kier molecular flexibility index (Phi) is 7.28. The zero-order chi connectivity index (χ0) is 13.3. The van der Waals surface area contributed by atoms with Gasteiger partial charge in [-0.05, 0) is 13.3 Å². The third kappa shape index (κ3) is 6.36. The van der Waals surface area contributed by atoms with E-state index in [-0.39, 0.29) is 18.2 Å². The van der Waals surface area contributed by atoms with Gasteiger partial charge in [0.15, 0.2) is 0 Å². The van der Waals surface area contributed by atoms with E-state index < -0.39 is 0 Å². The monoisotopic (exact) mass is 257 g/mol. The molecule has 0 aromatic heterocycles. The van der Waals surface area contributed by atoms with Gasteiger partial charge in [-0.3, -0.25) is 0 Å². The fourth-order valence-electron chi connectivity index (χ4n) is 1.92. The summed E-state index contributed by atoms with van der Waals surface area (Å²) in [4.78, 5) is 11.4. The topological polar surface area (TPSA) is 47.6 Å². The lowest BCUT2D eigenvalue weighted by Crippen LogP contribution is -2.59. The van der Waals surface area contributed by atoms with E-state index in [9.17, 15) is 4.79 Å². The number of unbranched alkanes of at least 4 members (excludes halogenated alkanes) is 5. The van der Waals surface area contributed by atoms with Crippen LogP contribution in [0.25, 0.3) is 0 Å². The maximum atomic E-state index is 11.4. The van der Waals surface area contributed by atoms with Crippen molar-refractivity contribution < 1.29 is 14.3 Å². The first-order chi connectivity index (χ1) is 8.66. The Morgan fingerprint density at radius 3 is 2.44 bits per heavy atom. The Bertz CT molecular complexity index is 239. The van der Waals surface area contributed by atoms with Gasteiger partial charge in [-0.1, -0.05) is 39.0 Å². The molecule has 1 saturated heterocycles. The van der Waals surface area contributed by atoms with Gasteiger partial charge >= 0.3 is 5.97 Å². The maximum Gasteiger partial charge on any atom is 0.332 e. The molecule has 0 amide bonds. The Morgan fingerprint density at radius 2 is 1.83 bits per heavy atom. The summed E-state index contributed by atoms with van der Waals surface area (Å²) in [6.45, 7) is 6.46. The molecule has 0 aromatic carbocycles. The van der Waals surface area contributed by atoms with Crippen LogP contribution in [-0.2, 0) is 14.3 Å². The Morgan fingerprint density at radius 1 is 1.17 bits per heavy atom. The molecule has 1 fully saturated rings. The third-order valence-electron chi connectivity index (χ3n) is 3.30. The molecule has 0 unspecified atom stereocenters. The predicted octanol–water partition coefficient (Wildman–Crippen LogP) is 2.27. The molecule has 106 valence electrons. The van der Waals surface area contributed by atoms with Gasteiger partial charge in [0.25, 0.3) is 0 Å². The summed E-state index contributed by atoms with van der Waals surface area (Å²) in [6, 6.07) is 0. The molecule has 1 aliphatic rings. The van der Waals surface area contributed by atoms with Crippen LogP contribution in [-0.4, -0.2) is 37.9 Å². The molecular formula is C14H27NO3. The van der Waals surface area contributed by atoms with Crippen LogP contribution in [0.2, 0.25) is 0 Å². The van der Waals surface area contributed by atoms with E-state index in [0.29, 0.717) is 6.61 Å². The fraction of sp³-hybridized carbons (Fsp3) is 0.929. The van der Waals surface area contributed by atoms with E-state index in [1.165, 1.54) is 25.7 Å². The summed E-state index contributed by atoms with van der Waals surface area (Å²) >= 11 is 0. The highest BCUT2D eigenvalue weighted by Crippen LogP contribution is 2.14. The van der Waals surface area contributed by atoms with Crippen molar-refractivity contribution in [3.8, 4) is 0 Å². The van der Waals surface area contributed by atoms with Gasteiger partial charge < -0.3 is 14.8 Å². The Hall–Kier alpha value is -0.610.